The minimum Gasteiger partial charge on any atom is -0.491 e. The zero-order chi connectivity index (χ0) is 22.2. The number of ether oxygens (including phenoxy) is 2. The van der Waals surface area contributed by atoms with Crippen molar-refractivity contribution < 1.29 is 19.4 Å². The topological polar surface area (TPSA) is 62.2 Å². The van der Waals surface area contributed by atoms with Crippen LogP contribution >= 0.6 is 11.3 Å². The maximum absolute atomic E-state index is 13.3. The molecule has 1 aromatic carbocycles. The van der Waals surface area contributed by atoms with Gasteiger partial charge in [0.05, 0.1) is 18.7 Å². The highest BCUT2D eigenvalue weighted by Crippen LogP contribution is 2.34. The van der Waals surface area contributed by atoms with Crippen LogP contribution in [0.2, 0.25) is 0 Å². The van der Waals surface area contributed by atoms with Crippen LogP contribution in [0.15, 0.2) is 35.7 Å². The van der Waals surface area contributed by atoms with Crippen LogP contribution in [0.3, 0.4) is 0 Å². The molecule has 2 aromatic rings. The van der Waals surface area contributed by atoms with E-state index in [9.17, 15) is 9.90 Å². The maximum atomic E-state index is 13.3. The number of carbonyl (C=O) groups is 1. The van der Waals surface area contributed by atoms with Gasteiger partial charge in [-0.3, -0.25) is 9.69 Å². The van der Waals surface area contributed by atoms with Crippen LogP contribution in [0.5, 0.6) is 5.75 Å². The number of nitrogens with zero attached hydrogens (tertiary/aromatic N) is 2. The lowest BCUT2D eigenvalue weighted by Gasteiger charge is -2.37. The summed E-state index contributed by atoms with van der Waals surface area (Å²) in [5, 5.41) is 12.0. The largest absolute Gasteiger partial charge is 0.491 e. The summed E-state index contributed by atoms with van der Waals surface area (Å²) in [7, 11) is 1.68. The van der Waals surface area contributed by atoms with E-state index in [1.807, 2.05) is 34.1 Å². The van der Waals surface area contributed by atoms with E-state index in [0.29, 0.717) is 32.8 Å². The zero-order valence-electron chi connectivity index (χ0n) is 18.8. The van der Waals surface area contributed by atoms with Crippen LogP contribution in [0, 0.1) is 6.92 Å². The molecule has 31 heavy (non-hydrogen) atoms. The minimum atomic E-state index is -0.485. The highest BCUT2D eigenvalue weighted by atomic mass is 32.1. The van der Waals surface area contributed by atoms with Crippen molar-refractivity contribution in [3.63, 3.8) is 0 Å². The van der Waals surface area contributed by atoms with Gasteiger partial charge >= 0.3 is 0 Å². The van der Waals surface area contributed by atoms with Crippen LogP contribution in [0.25, 0.3) is 0 Å². The monoisotopic (exact) mass is 446 g/mol. The lowest BCUT2D eigenvalue weighted by atomic mass is 10.0. The SMILES string of the molecule is COCCCN(CC(=O)N1CCc2sccc2[C@@H]1COc1ccc(C)cc1)C[C@H](C)O. The Labute approximate surface area is 189 Å². The first kappa shape index (κ1) is 23.7. The molecule has 0 radical (unpaired) electrons. The molecule has 1 aliphatic rings. The third-order valence-electron chi connectivity index (χ3n) is 5.55. The summed E-state index contributed by atoms with van der Waals surface area (Å²) < 4.78 is 11.2. The Bertz CT molecular complexity index is 821. The molecule has 1 amide bonds. The first-order chi connectivity index (χ1) is 15.0. The smallest absolute Gasteiger partial charge is 0.237 e. The number of thiophene rings is 1. The van der Waals surface area contributed by atoms with Gasteiger partial charge in [-0.15, -0.1) is 11.3 Å². The van der Waals surface area contributed by atoms with Crippen LogP contribution in [-0.2, 0) is 16.0 Å². The average molecular weight is 447 g/mol. The number of amides is 1. The Morgan fingerprint density at radius 2 is 2.10 bits per heavy atom. The molecular weight excluding hydrogens is 412 g/mol. The van der Waals surface area contributed by atoms with Crippen LogP contribution in [-0.4, -0.2) is 73.4 Å². The molecule has 1 aliphatic heterocycles. The number of carbonyl (C=O) groups excluding carboxylic acids is 1. The summed E-state index contributed by atoms with van der Waals surface area (Å²) >= 11 is 1.75. The minimum absolute atomic E-state index is 0.0763. The second-order valence-electron chi connectivity index (χ2n) is 8.21. The molecule has 1 aromatic heterocycles. The molecule has 0 saturated heterocycles. The number of fused-ring (bicyclic) bond motifs is 1. The van der Waals surface area contributed by atoms with E-state index >= 15 is 0 Å². The van der Waals surface area contributed by atoms with Crippen molar-refractivity contribution in [2.45, 2.75) is 38.8 Å². The fourth-order valence-electron chi connectivity index (χ4n) is 4.01. The van der Waals surface area contributed by atoms with Crippen molar-refractivity contribution in [1.82, 2.24) is 9.80 Å². The summed E-state index contributed by atoms with van der Waals surface area (Å²) in [6, 6.07) is 10.0. The summed E-state index contributed by atoms with van der Waals surface area (Å²) in [5.74, 6) is 0.892. The van der Waals surface area contributed by atoms with Gasteiger partial charge in [-0.25, -0.2) is 0 Å². The molecule has 1 N–H and O–H groups in total. The fourth-order valence-corrected chi connectivity index (χ4v) is 4.94. The Balaban J connectivity index is 1.70. The van der Waals surface area contributed by atoms with E-state index in [1.54, 1.807) is 25.4 Å². The first-order valence-corrected chi connectivity index (χ1v) is 11.8. The molecule has 7 heteroatoms. The van der Waals surface area contributed by atoms with E-state index in [0.717, 1.165) is 18.6 Å². The zero-order valence-corrected chi connectivity index (χ0v) is 19.6. The molecule has 2 atom stereocenters. The fraction of sp³-hybridized carbons (Fsp3) is 0.542. The van der Waals surface area contributed by atoms with Crippen molar-refractivity contribution >= 4 is 17.2 Å². The Morgan fingerprint density at radius 1 is 1.32 bits per heavy atom. The predicted molar refractivity (Wildman–Crippen MR) is 124 cm³/mol. The molecular formula is C24H34N2O4S. The third-order valence-corrected chi connectivity index (χ3v) is 6.54. The van der Waals surface area contributed by atoms with E-state index in [4.69, 9.17) is 9.47 Å². The Hall–Kier alpha value is -1.93. The predicted octanol–water partition coefficient (Wildman–Crippen LogP) is 3.28. The molecule has 3 rings (SSSR count). The van der Waals surface area contributed by atoms with Gasteiger partial charge in [-0.1, -0.05) is 17.7 Å². The molecule has 2 heterocycles. The molecule has 0 saturated carbocycles. The number of benzene rings is 1. The van der Waals surface area contributed by atoms with Crippen molar-refractivity contribution in [3.8, 4) is 5.75 Å². The average Bonchev–Trinajstić information content (AvgIpc) is 3.22. The lowest BCUT2D eigenvalue weighted by molar-refractivity contribution is -0.136. The quantitative estimate of drug-likeness (QED) is 0.537. The number of aliphatic hydroxyl groups is 1. The van der Waals surface area contributed by atoms with Gasteiger partial charge in [-0.05, 0) is 55.8 Å². The standard InChI is InChI=1S/C24H34N2O4S/c1-18-5-7-20(8-6-18)30-17-22-21-10-14-31-23(21)9-12-26(22)24(28)16-25(15-19(2)27)11-4-13-29-3/h5-8,10,14,19,22,27H,4,9,11-13,15-17H2,1-3H3/t19-,22-/m0/s1. The number of hydrogen-bond acceptors (Lipinski definition) is 6. The van der Waals surface area contributed by atoms with Gasteiger partial charge in [-0.2, -0.15) is 0 Å². The first-order valence-electron chi connectivity index (χ1n) is 10.9. The van der Waals surface area contributed by atoms with E-state index < -0.39 is 6.10 Å². The Kier molecular flexibility index (Phi) is 8.90. The lowest BCUT2D eigenvalue weighted by Crippen LogP contribution is -2.47. The van der Waals surface area contributed by atoms with Gasteiger partial charge in [0.15, 0.2) is 0 Å². The van der Waals surface area contributed by atoms with E-state index in [2.05, 4.69) is 18.4 Å². The molecule has 170 valence electrons. The van der Waals surface area contributed by atoms with E-state index in [1.165, 1.54) is 16.0 Å². The van der Waals surface area contributed by atoms with Gasteiger partial charge < -0.3 is 19.5 Å². The number of rotatable bonds is 11. The normalized spacial score (nSPS) is 16.9. The van der Waals surface area contributed by atoms with Crippen LogP contribution in [0.1, 0.15) is 35.4 Å². The molecule has 6 nitrogen and oxygen atoms in total. The van der Waals surface area contributed by atoms with Crippen LogP contribution in [0.4, 0.5) is 0 Å². The third kappa shape index (κ3) is 6.77. The van der Waals surface area contributed by atoms with Gasteiger partial charge in [0.1, 0.15) is 12.4 Å². The summed E-state index contributed by atoms with van der Waals surface area (Å²) in [5.41, 5.74) is 2.38. The number of aryl methyl sites for hydroxylation is 1. The molecule has 0 bridgehead atoms. The van der Waals surface area contributed by atoms with Gasteiger partial charge in [0, 0.05) is 38.2 Å². The highest BCUT2D eigenvalue weighted by molar-refractivity contribution is 7.10. The number of hydrogen-bond donors (Lipinski definition) is 1. The van der Waals surface area contributed by atoms with Crippen molar-refractivity contribution in [2.75, 3.05) is 46.5 Å². The number of methoxy groups -OCH3 is 1. The highest BCUT2D eigenvalue weighted by Gasteiger charge is 2.32. The summed E-state index contributed by atoms with van der Waals surface area (Å²) in [6.45, 7) is 7.03. The van der Waals surface area contributed by atoms with Gasteiger partial charge in [0.25, 0.3) is 0 Å². The molecule has 0 spiro atoms. The van der Waals surface area contributed by atoms with Crippen molar-refractivity contribution in [1.29, 1.82) is 0 Å². The maximum Gasteiger partial charge on any atom is 0.237 e. The molecule has 0 fully saturated rings. The second-order valence-corrected chi connectivity index (χ2v) is 9.21. The van der Waals surface area contributed by atoms with Crippen LogP contribution < -0.4 is 4.74 Å². The number of aliphatic hydroxyl groups excluding tert-OH is 1. The van der Waals surface area contributed by atoms with Crippen molar-refractivity contribution in [2.24, 2.45) is 0 Å². The molecule has 0 unspecified atom stereocenters. The van der Waals surface area contributed by atoms with E-state index in [-0.39, 0.29) is 18.5 Å². The summed E-state index contributed by atoms with van der Waals surface area (Å²) in [4.78, 5) is 18.6. The molecule has 0 aliphatic carbocycles. The Morgan fingerprint density at radius 3 is 2.81 bits per heavy atom. The van der Waals surface area contributed by atoms with Crippen molar-refractivity contribution in [3.05, 3.63) is 51.7 Å². The second kappa shape index (κ2) is 11.6. The van der Waals surface area contributed by atoms with Gasteiger partial charge in [0.2, 0.25) is 5.91 Å². The summed E-state index contributed by atoms with van der Waals surface area (Å²) in [6.07, 6.45) is 1.21.